The van der Waals surface area contributed by atoms with Crippen molar-refractivity contribution in [3.8, 4) is 17.6 Å². The maximum atomic E-state index is 11.7. The molecular weight excluding hydrogens is 322 g/mol. The lowest BCUT2D eigenvalue weighted by Crippen LogP contribution is -2.18. The largest absolute Gasteiger partial charge is 0.481 e. The van der Waals surface area contributed by atoms with E-state index in [2.05, 4.69) is 15.9 Å². The van der Waals surface area contributed by atoms with E-state index in [1.165, 1.54) is 0 Å². The lowest BCUT2D eigenvalue weighted by molar-refractivity contribution is -0.136. The Morgan fingerprint density at radius 1 is 1.20 bits per heavy atom. The molecule has 0 heterocycles. The molecule has 2 aromatic rings. The van der Waals surface area contributed by atoms with Crippen LogP contribution < -0.4 is 9.47 Å². The molecule has 0 saturated carbocycles. The Morgan fingerprint density at radius 3 is 2.75 bits per heavy atom. The summed E-state index contributed by atoms with van der Waals surface area (Å²) in [5.41, 5.74) is 0.378. The van der Waals surface area contributed by atoms with E-state index in [4.69, 9.17) is 14.7 Å². The third-order valence-corrected chi connectivity index (χ3v) is 2.87. The molecular formula is C15H10BrNO3. The van der Waals surface area contributed by atoms with E-state index >= 15 is 0 Å². The Labute approximate surface area is 124 Å². The van der Waals surface area contributed by atoms with Crippen LogP contribution in [-0.4, -0.2) is 12.6 Å². The van der Waals surface area contributed by atoms with Crippen LogP contribution in [0.1, 0.15) is 5.56 Å². The van der Waals surface area contributed by atoms with Gasteiger partial charge in [0.05, 0.1) is 5.56 Å². The normalized spacial score (nSPS) is 9.60. The second-order valence-electron chi connectivity index (χ2n) is 3.83. The van der Waals surface area contributed by atoms with Gasteiger partial charge in [-0.25, -0.2) is 4.79 Å². The molecule has 0 aromatic heterocycles. The summed E-state index contributed by atoms with van der Waals surface area (Å²) in [6.45, 7) is -0.259. The molecule has 0 spiro atoms. The van der Waals surface area contributed by atoms with Gasteiger partial charge in [0.2, 0.25) is 0 Å². The molecule has 2 aromatic carbocycles. The van der Waals surface area contributed by atoms with E-state index in [0.29, 0.717) is 17.1 Å². The molecule has 100 valence electrons. The van der Waals surface area contributed by atoms with Crippen molar-refractivity contribution >= 4 is 21.9 Å². The lowest BCUT2D eigenvalue weighted by Gasteiger charge is -2.07. The Hall–Kier alpha value is -2.32. The highest BCUT2D eigenvalue weighted by Gasteiger charge is 2.08. The maximum absolute atomic E-state index is 11.7. The number of carbonyl (C=O) groups is 1. The van der Waals surface area contributed by atoms with E-state index < -0.39 is 5.97 Å². The van der Waals surface area contributed by atoms with Gasteiger partial charge in [-0.2, -0.15) is 5.26 Å². The fraction of sp³-hybridized carbons (Fsp3) is 0.0667. The molecule has 5 heteroatoms. The van der Waals surface area contributed by atoms with E-state index in [1.807, 2.05) is 12.1 Å². The number of esters is 1. The predicted octanol–water partition coefficient (Wildman–Crippen LogP) is 3.31. The summed E-state index contributed by atoms with van der Waals surface area (Å²) >= 11 is 3.29. The van der Waals surface area contributed by atoms with Crippen LogP contribution in [0.5, 0.6) is 11.5 Å². The molecule has 0 radical (unpaired) electrons. The van der Waals surface area contributed by atoms with Crippen molar-refractivity contribution in [3.05, 3.63) is 58.6 Å². The average molecular weight is 332 g/mol. The van der Waals surface area contributed by atoms with Crippen molar-refractivity contribution in [1.82, 2.24) is 0 Å². The van der Waals surface area contributed by atoms with Gasteiger partial charge in [-0.3, -0.25) is 0 Å². The van der Waals surface area contributed by atoms with Crippen LogP contribution in [0.2, 0.25) is 0 Å². The Bertz CT molecular complexity index is 664. The molecule has 0 unspecified atom stereocenters. The van der Waals surface area contributed by atoms with Crippen molar-refractivity contribution in [2.45, 2.75) is 0 Å². The number of ether oxygens (including phenoxy) is 2. The monoisotopic (exact) mass is 331 g/mol. The second-order valence-corrected chi connectivity index (χ2v) is 4.74. The summed E-state index contributed by atoms with van der Waals surface area (Å²) in [5, 5.41) is 8.90. The van der Waals surface area contributed by atoms with Gasteiger partial charge in [0.15, 0.2) is 6.61 Å². The van der Waals surface area contributed by atoms with Crippen LogP contribution in [0.15, 0.2) is 53.0 Å². The van der Waals surface area contributed by atoms with Gasteiger partial charge in [-0.1, -0.05) is 34.1 Å². The van der Waals surface area contributed by atoms with Gasteiger partial charge in [0.1, 0.15) is 17.6 Å². The first-order valence-corrected chi connectivity index (χ1v) is 6.56. The van der Waals surface area contributed by atoms with Gasteiger partial charge in [0.25, 0.3) is 0 Å². The third kappa shape index (κ3) is 3.84. The fourth-order valence-electron chi connectivity index (χ4n) is 1.51. The number of halogens is 1. The van der Waals surface area contributed by atoms with E-state index in [0.717, 1.165) is 4.47 Å². The molecule has 0 bridgehead atoms. The summed E-state index contributed by atoms with van der Waals surface area (Å²) in [4.78, 5) is 11.7. The van der Waals surface area contributed by atoms with Gasteiger partial charge in [-0.05, 0) is 30.3 Å². The summed E-state index contributed by atoms with van der Waals surface area (Å²) in [7, 11) is 0. The van der Waals surface area contributed by atoms with Crippen LogP contribution in [-0.2, 0) is 4.79 Å². The number of para-hydroxylation sites is 1. The molecule has 0 fully saturated rings. The van der Waals surface area contributed by atoms with Gasteiger partial charge >= 0.3 is 5.97 Å². The number of hydrogen-bond donors (Lipinski definition) is 0. The van der Waals surface area contributed by atoms with Crippen LogP contribution >= 0.6 is 15.9 Å². The molecule has 0 aliphatic rings. The van der Waals surface area contributed by atoms with Gasteiger partial charge < -0.3 is 9.47 Å². The minimum atomic E-state index is -0.532. The lowest BCUT2D eigenvalue weighted by atomic mass is 10.2. The van der Waals surface area contributed by atoms with Crippen molar-refractivity contribution in [2.75, 3.05) is 6.61 Å². The topological polar surface area (TPSA) is 59.3 Å². The summed E-state index contributed by atoms with van der Waals surface area (Å²) < 4.78 is 11.2. The Balaban J connectivity index is 1.94. The molecule has 0 amide bonds. The standard InChI is InChI=1S/C15H10BrNO3/c16-12-5-3-6-13(8-12)20-15(18)10-19-14-7-2-1-4-11(14)9-17/h1-8H,10H2. The minimum Gasteiger partial charge on any atom is -0.481 e. The number of nitriles is 1. The molecule has 20 heavy (non-hydrogen) atoms. The first-order valence-electron chi connectivity index (χ1n) is 5.77. The Morgan fingerprint density at radius 2 is 2.00 bits per heavy atom. The maximum Gasteiger partial charge on any atom is 0.349 e. The zero-order valence-corrected chi connectivity index (χ0v) is 12.0. The highest BCUT2D eigenvalue weighted by molar-refractivity contribution is 9.10. The predicted molar refractivity (Wildman–Crippen MR) is 76.4 cm³/mol. The number of rotatable bonds is 4. The zero-order valence-electron chi connectivity index (χ0n) is 10.4. The van der Waals surface area contributed by atoms with Crippen LogP contribution in [0.3, 0.4) is 0 Å². The average Bonchev–Trinajstić information content (AvgIpc) is 2.45. The zero-order chi connectivity index (χ0) is 14.4. The summed E-state index contributed by atoms with van der Waals surface area (Å²) in [6.07, 6.45) is 0. The molecule has 0 N–H and O–H groups in total. The first kappa shape index (κ1) is 14.1. The summed E-state index contributed by atoms with van der Waals surface area (Å²) in [5.74, 6) is 0.263. The highest BCUT2D eigenvalue weighted by Crippen LogP contribution is 2.19. The first-order chi connectivity index (χ1) is 9.69. The molecule has 0 atom stereocenters. The van der Waals surface area contributed by atoms with Crippen molar-refractivity contribution in [2.24, 2.45) is 0 Å². The van der Waals surface area contributed by atoms with Crippen LogP contribution in [0.25, 0.3) is 0 Å². The van der Waals surface area contributed by atoms with E-state index in [9.17, 15) is 4.79 Å². The number of nitrogens with zero attached hydrogens (tertiary/aromatic N) is 1. The SMILES string of the molecule is N#Cc1ccccc1OCC(=O)Oc1cccc(Br)c1. The van der Waals surface area contributed by atoms with Crippen molar-refractivity contribution in [1.29, 1.82) is 5.26 Å². The van der Waals surface area contributed by atoms with Gasteiger partial charge in [-0.15, -0.1) is 0 Å². The molecule has 2 rings (SSSR count). The number of carbonyl (C=O) groups excluding carboxylic acids is 1. The van der Waals surface area contributed by atoms with E-state index in [-0.39, 0.29) is 6.61 Å². The fourth-order valence-corrected chi connectivity index (χ4v) is 1.89. The highest BCUT2D eigenvalue weighted by atomic mass is 79.9. The van der Waals surface area contributed by atoms with Crippen molar-refractivity contribution < 1.29 is 14.3 Å². The second kappa shape index (κ2) is 6.73. The Kier molecular flexibility index (Phi) is 4.75. The third-order valence-electron chi connectivity index (χ3n) is 2.38. The molecule has 0 saturated heterocycles. The number of hydrogen-bond acceptors (Lipinski definition) is 4. The van der Waals surface area contributed by atoms with Crippen LogP contribution in [0.4, 0.5) is 0 Å². The van der Waals surface area contributed by atoms with Gasteiger partial charge in [0, 0.05) is 4.47 Å². The molecule has 0 aliphatic heterocycles. The van der Waals surface area contributed by atoms with Crippen LogP contribution in [0, 0.1) is 11.3 Å². The van der Waals surface area contributed by atoms with E-state index in [1.54, 1.807) is 42.5 Å². The quantitative estimate of drug-likeness (QED) is 0.637. The molecule has 0 aliphatic carbocycles. The minimum absolute atomic E-state index is 0.259. The number of benzene rings is 2. The smallest absolute Gasteiger partial charge is 0.349 e. The summed E-state index contributed by atoms with van der Waals surface area (Å²) in [6, 6.07) is 15.6. The van der Waals surface area contributed by atoms with Crippen molar-refractivity contribution in [3.63, 3.8) is 0 Å². The molecule has 4 nitrogen and oxygen atoms in total.